The van der Waals surface area contributed by atoms with Crippen LogP contribution >= 0.6 is 0 Å². The number of alkyl halides is 3. The van der Waals surface area contributed by atoms with Gasteiger partial charge in [0.2, 0.25) is 0 Å². The van der Waals surface area contributed by atoms with E-state index in [1.807, 2.05) is 6.92 Å². The van der Waals surface area contributed by atoms with Crippen molar-refractivity contribution in [3.05, 3.63) is 29.6 Å². The molecule has 1 fully saturated rings. The summed E-state index contributed by atoms with van der Waals surface area (Å²) in [5, 5.41) is 3.28. The number of hydrogen-bond acceptors (Lipinski definition) is 2. The average molecular weight is 291 g/mol. The van der Waals surface area contributed by atoms with E-state index in [1.54, 1.807) is 0 Å². The number of piperidine rings is 1. The average Bonchev–Trinajstić information content (AvgIpc) is 2.40. The highest BCUT2D eigenvalue weighted by atomic mass is 19.4. The van der Waals surface area contributed by atoms with Gasteiger partial charge < -0.3 is 10.1 Å². The fourth-order valence-corrected chi connectivity index (χ4v) is 2.59. The second-order valence-electron chi connectivity index (χ2n) is 5.13. The molecule has 1 aliphatic heterocycles. The highest BCUT2D eigenvalue weighted by Crippen LogP contribution is 2.32. The van der Waals surface area contributed by atoms with Gasteiger partial charge >= 0.3 is 6.36 Å². The van der Waals surface area contributed by atoms with Crippen molar-refractivity contribution in [3.8, 4) is 5.75 Å². The lowest BCUT2D eigenvalue weighted by molar-refractivity contribution is -0.275. The molecule has 0 bridgehead atoms. The van der Waals surface area contributed by atoms with Gasteiger partial charge in [-0.15, -0.1) is 13.2 Å². The van der Waals surface area contributed by atoms with Crippen LogP contribution in [0.3, 0.4) is 0 Å². The first-order chi connectivity index (χ1) is 9.37. The summed E-state index contributed by atoms with van der Waals surface area (Å²) in [4.78, 5) is 0. The molecule has 0 radical (unpaired) electrons. The fraction of sp³-hybridized carbons (Fsp3) is 0.571. The number of rotatable bonds is 3. The molecule has 0 unspecified atom stereocenters. The normalized spacial score (nSPS) is 21.6. The molecule has 1 aromatic carbocycles. The lowest BCUT2D eigenvalue weighted by Gasteiger charge is -2.28. The van der Waals surface area contributed by atoms with Crippen molar-refractivity contribution in [2.75, 3.05) is 13.1 Å². The Bertz CT molecular complexity index is 455. The summed E-state index contributed by atoms with van der Waals surface area (Å²) in [7, 11) is 0. The number of halogens is 4. The van der Waals surface area contributed by atoms with E-state index >= 15 is 0 Å². The Labute approximate surface area is 115 Å². The van der Waals surface area contributed by atoms with Crippen molar-refractivity contribution in [1.29, 1.82) is 0 Å². The molecule has 1 saturated heterocycles. The molecule has 112 valence electrons. The fourth-order valence-electron chi connectivity index (χ4n) is 2.59. The van der Waals surface area contributed by atoms with Crippen molar-refractivity contribution < 1.29 is 22.3 Å². The Morgan fingerprint density at radius 3 is 2.65 bits per heavy atom. The van der Waals surface area contributed by atoms with Crippen molar-refractivity contribution in [2.24, 2.45) is 5.92 Å². The second kappa shape index (κ2) is 5.99. The maximum absolute atomic E-state index is 13.7. The summed E-state index contributed by atoms with van der Waals surface area (Å²) in [6, 6.07) is 3.69. The van der Waals surface area contributed by atoms with E-state index in [1.165, 1.54) is 6.07 Å². The van der Waals surface area contributed by atoms with Crippen LogP contribution in [0.1, 0.15) is 31.2 Å². The third kappa shape index (κ3) is 3.85. The van der Waals surface area contributed by atoms with Gasteiger partial charge in [-0.3, -0.25) is 0 Å². The Morgan fingerprint density at radius 2 is 2.10 bits per heavy atom. The number of benzene rings is 1. The summed E-state index contributed by atoms with van der Waals surface area (Å²) in [5.74, 6) is -1.29. The molecule has 0 spiro atoms. The predicted molar refractivity (Wildman–Crippen MR) is 67.1 cm³/mol. The van der Waals surface area contributed by atoms with Gasteiger partial charge in [-0.25, -0.2) is 4.39 Å². The van der Waals surface area contributed by atoms with Crippen molar-refractivity contribution in [1.82, 2.24) is 5.32 Å². The van der Waals surface area contributed by atoms with E-state index in [0.717, 1.165) is 38.1 Å². The Hall–Kier alpha value is -1.30. The second-order valence-corrected chi connectivity index (χ2v) is 5.13. The van der Waals surface area contributed by atoms with Crippen LogP contribution in [0.2, 0.25) is 0 Å². The van der Waals surface area contributed by atoms with Gasteiger partial charge in [-0.1, -0.05) is 13.0 Å². The molecule has 1 heterocycles. The van der Waals surface area contributed by atoms with E-state index in [4.69, 9.17) is 0 Å². The molecule has 1 aromatic rings. The summed E-state index contributed by atoms with van der Waals surface area (Å²) in [6.07, 6.45) is -2.77. The van der Waals surface area contributed by atoms with E-state index < -0.39 is 17.9 Å². The van der Waals surface area contributed by atoms with Crippen LogP contribution in [-0.4, -0.2) is 19.5 Å². The lowest BCUT2D eigenvalue weighted by atomic mass is 9.83. The van der Waals surface area contributed by atoms with Crippen LogP contribution in [0, 0.1) is 11.7 Å². The Morgan fingerprint density at radius 1 is 1.35 bits per heavy atom. The minimum absolute atomic E-state index is 0.0947. The van der Waals surface area contributed by atoms with E-state index in [9.17, 15) is 17.6 Å². The van der Waals surface area contributed by atoms with Crippen LogP contribution in [0.5, 0.6) is 5.75 Å². The van der Waals surface area contributed by atoms with Crippen molar-refractivity contribution in [2.45, 2.75) is 32.0 Å². The van der Waals surface area contributed by atoms with E-state index in [2.05, 4.69) is 10.1 Å². The minimum atomic E-state index is -4.87. The zero-order valence-corrected chi connectivity index (χ0v) is 11.1. The van der Waals surface area contributed by atoms with Gasteiger partial charge in [0.05, 0.1) is 0 Å². The first kappa shape index (κ1) is 15.1. The molecular formula is C14H17F4NO. The largest absolute Gasteiger partial charge is 0.573 e. The SMILES string of the molecule is C[C@@H](c1ccc(OC(F)(F)F)c(F)c1)[C@H]1CCCNC1. The third-order valence-corrected chi connectivity index (χ3v) is 3.75. The maximum Gasteiger partial charge on any atom is 0.573 e. The number of hydrogen-bond donors (Lipinski definition) is 1. The first-order valence-electron chi connectivity index (χ1n) is 6.63. The van der Waals surface area contributed by atoms with Gasteiger partial charge in [0.1, 0.15) is 0 Å². The van der Waals surface area contributed by atoms with Crippen LogP contribution in [0.15, 0.2) is 18.2 Å². The van der Waals surface area contributed by atoms with E-state index in [-0.39, 0.29) is 5.92 Å². The highest BCUT2D eigenvalue weighted by Gasteiger charge is 2.32. The van der Waals surface area contributed by atoms with Gasteiger partial charge in [0.25, 0.3) is 0 Å². The van der Waals surface area contributed by atoms with Crippen molar-refractivity contribution in [3.63, 3.8) is 0 Å². The molecule has 6 heteroatoms. The van der Waals surface area contributed by atoms with Crippen molar-refractivity contribution >= 4 is 0 Å². The molecule has 0 amide bonds. The van der Waals surface area contributed by atoms with Gasteiger partial charge in [0.15, 0.2) is 11.6 Å². The van der Waals surface area contributed by atoms with Gasteiger partial charge in [-0.2, -0.15) is 0 Å². The maximum atomic E-state index is 13.7. The lowest BCUT2D eigenvalue weighted by Crippen LogP contribution is -2.32. The molecule has 0 aromatic heterocycles. The van der Waals surface area contributed by atoms with Gasteiger partial charge in [-0.05, 0) is 55.5 Å². The van der Waals surface area contributed by atoms with E-state index in [0.29, 0.717) is 11.5 Å². The molecule has 2 atom stereocenters. The standard InChI is InChI=1S/C14H17F4NO/c1-9(11-3-2-6-19-8-11)10-4-5-13(12(15)7-10)20-14(16,17)18/h4-5,7,9,11,19H,2-3,6,8H2,1H3/t9-,11-/m0/s1. The number of ether oxygens (including phenoxy) is 1. The smallest absolute Gasteiger partial charge is 0.403 e. The monoisotopic (exact) mass is 291 g/mol. The molecule has 1 aliphatic rings. The molecule has 0 aliphatic carbocycles. The third-order valence-electron chi connectivity index (χ3n) is 3.75. The summed E-state index contributed by atoms with van der Waals surface area (Å²) in [5.41, 5.74) is 0.700. The molecule has 2 rings (SSSR count). The quantitative estimate of drug-likeness (QED) is 0.855. The zero-order valence-electron chi connectivity index (χ0n) is 11.1. The van der Waals surface area contributed by atoms with Crippen LogP contribution < -0.4 is 10.1 Å². The van der Waals surface area contributed by atoms with Crippen LogP contribution in [-0.2, 0) is 0 Å². The molecule has 0 saturated carbocycles. The summed E-state index contributed by atoms with van der Waals surface area (Å²) < 4.78 is 53.5. The Balaban J connectivity index is 2.11. The molecular weight excluding hydrogens is 274 g/mol. The molecule has 1 N–H and O–H groups in total. The predicted octanol–water partition coefficient (Wildman–Crippen LogP) is 3.83. The zero-order chi connectivity index (χ0) is 14.8. The van der Waals surface area contributed by atoms with Crippen LogP contribution in [0.25, 0.3) is 0 Å². The highest BCUT2D eigenvalue weighted by molar-refractivity contribution is 5.31. The first-order valence-corrected chi connectivity index (χ1v) is 6.63. The number of nitrogens with one attached hydrogen (secondary N) is 1. The van der Waals surface area contributed by atoms with Crippen LogP contribution in [0.4, 0.5) is 17.6 Å². The molecule has 20 heavy (non-hydrogen) atoms. The molecule has 2 nitrogen and oxygen atoms in total. The summed E-state index contributed by atoms with van der Waals surface area (Å²) in [6.45, 7) is 3.80. The topological polar surface area (TPSA) is 21.3 Å². The minimum Gasteiger partial charge on any atom is -0.403 e. The summed E-state index contributed by atoms with van der Waals surface area (Å²) >= 11 is 0. The Kier molecular flexibility index (Phi) is 4.52. The van der Waals surface area contributed by atoms with Gasteiger partial charge in [0, 0.05) is 0 Å².